The molecule has 0 bridgehead atoms. The molecule has 0 aromatic heterocycles. The van der Waals surface area contributed by atoms with Gasteiger partial charge < -0.3 is 0 Å². The summed E-state index contributed by atoms with van der Waals surface area (Å²) in [4.78, 5) is 0. The maximum absolute atomic E-state index is 13.6. The average Bonchev–Trinajstić information content (AvgIpc) is 2.15. The number of hydrogen-bond acceptors (Lipinski definition) is 3. The largest absolute Gasteiger partial charge is 0.267 e. The summed E-state index contributed by atoms with van der Waals surface area (Å²) < 4.78 is 53.9. The SMILES string of the molecule is CCCC(F)(F)[C@H]1CC[C@@H](OS(C)(=O)=O)CC1. The molecule has 1 fully saturated rings. The van der Waals surface area contributed by atoms with Crippen LogP contribution in [0.4, 0.5) is 8.78 Å². The predicted molar refractivity (Wildman–Crippen MR) is 61.5 cm³/mol. The van der Waals surface area contributed by atoms with E-state index in [9.17, 15) is 17.2 Å². The Morgan fingerprint density at radius 2 is 1.76 bits per heavy atom. The topological polar surface area (TPSA) is 43.4 Å². The molecule has 0 aromatic rings. The van der Waals surface area contributed by atoms with Crippen LogP contribution in [0, 0.1) is 5.92 Å². The van der Waals surface area contributed by atoms with Gasteiger partial charge in [-0.1, -0.05) is 13.3 Å². The van der Waals surface area contributed by atoms with Gasteiger partial charge in [0.25, 0.3) is 16.0 Å². The van der Waals surface area contributed by atoms with E-state index >= 15 is 0 Å². The first kappa shape index (κ1) is 14.8. The molecule has 0 radical (unpaired) electrons. The Kier molecular flexibility index (Phi) is 4.89. The fraction of sp³-hybridized carbons (Fsp3) is 1.00. The summed E-state index contributed by atoms with van der Waals surface area (Å²) in [6.45, 7) is 1.74. The quantitative estimate of drug-likeness (QED) is 0.721. The Morgan fingerprint density at radius 3 is 2.18 bits per heavy atom. The van der Waals surface area contributed by atoms with E-state index in [1.165, 1.54) is 0 Å². The summed E-state index contributed by atoms with van der Waals surface area (Å²) in [6.07, 6.45) is 2.43. The Bertz CT molecular complexity index is 333. The molecule has 0 saturated heterocycles. The molecular weight excluding hydrogens is 250 g/mol. The minimum Gasteiger partial charge on any atom is -0.267 e. The molecule has 0 spiro atoms. The number of alkyl halides is 2. The molecule has 1 aliphatic carbocycles. The van der Waals surface area contributed by atoms with Gasteiger partial charge in [-0.25, -0.2) is 8.78 Å². The van der Waals surface area contributed by atoms with Crippen LogP contribution in [0.25, 0.3) is 0 Å². The number of rotatable bonds is 5. The molecule has 1 rings (SSSR count). The summed E-state index contributed by atoms with van der Waals surface area (Å²) in [5, 5.41) is 0. The van der Waals surface area contributed by atoms with Crippen molar-refractivity contribution in [3.8, 4) is 0 Å². The molecule has 0 amide bonds. The lowest BCUT2D eigenvalue weighted by Gasteiger charge is -2.33. The second-order valence-electron chi connectivity index (χ2n) is 4.79. The van der Waals surface area contributed by atoms with Crippen molar-refractivity contribution in [2.24, 2.45) is 5.92 Å². The van der Waals surface area contributed by atoms with Gasteiger partial charge in [-0.15, -0.1) is 0 Å². The van der Waals surface area contributed by atoms with E-state index in [0.717, 1.165) is 6.26 Å². The Hall–Kier alpha value is -0.230. The van der Waals surface area contributed by atoms with Crippen molar-refractivity contribution < 1.29 is 21.4 Å². The highest BCUT2D eigenvalue weighted by Crippen LogP contribution is 2.40. The highest BCUT2D eigenvalue weighted by atomic mass is 32.2. The third-order valence-corrected chi connectivity index (χ3v) is 3.79. The number of halogens is 2. The average molecular weight is 270 g/mol. The van der Waals surface area contributed by atoms with Crippen LogP contribution in [0.2, 0.25) is 0 Å². The molecule has 0 atom stereocenters. The van der Waals surface area contributed by atoms with E-state index in [1.807, 2.05) is 0 Å². The van der Waals surface area contributed by atoms with Crippen molar-refractivity contribution in [1.82, 2.24) is 0 Å². The fourth-order valence-electron chi connectivity index (χ4n) is 2.37. The van der Waals surface area contributed by atoms with Crippen LogP contribution < -0.4 is 0 Å². The molecule has 6 heteroatoms. The minimum absolute atomic E-state index is 0.0880. The van der Waals surface area contributed by atoms with Crippen LogP contribution in [0.1, 0.15) is 45.4 Å². The summed E-state index contributed by atoms with van der Waals surface area (Å²) in [7, 11) is -3.47. The fourth-order valence-corrected chi connectivity index (χ4v) is 3.05. The Labute approximate surface area is 102 Å². The van der Waals surface area contributed by atoms with Gasteiger partial charge in [-0.3, -0.25) is 4.18 Å². The molecule has 0 aromatic carbocycles. The van der Waals surface area contributed by atoms with Gasteiger partial charge in [0.1, 0.15) is 0 Å². The van der Waals surface area contributed by atoms with Crippen LogP contribution in [-0.4, -0.2) is 26.7 Å². The summed E-state index contributed by atoms with van der Waals surface area (Å²) in [5.74, 6) is -3.24. The van der Waals surface area contributed by atoms with Crippen LogP contribution in [0.3, 0.4) is 0 Å². The smallest absolute Gasteiger partial charge is 0.264 e. The molecular formula is C11H20F2O3S. The van der Waals surface area contributed by atoms with Gasteiger partial charge in [-0.2, -0.15) is 8.42 Å². The molecule has 0 aliphatic heterocycles. The van der Waals surface area contributed by atoms with Gasteiger partial charge >= 0.3 is 0 Å². The molecule has 0 heterocycles. The zero-order valence-electron chi connectivity index (χ0n) is 10.3. The summed E-state index contributed by atoms with van der Waals surface area (Å²) >= 11 is 0. The molecule has 0 unspecified atom stereocenters. The van der Waals surface area contributed by atoms with Crippen LogP contribution >= 0.6 is 0 Å². The van der Waals surface area contributed by atoms with Crippen LogP contribution in [0.15, 0.2) is 0 Å². The van der Waals surface area contributed by atoms with Crippen molar-refractivity contribution >= 4 is 10.1 Å². The zero-order chi connectivity index (χ0) is 13.1. The van der Waals surface area contributed by atoms with Crippen molar-refractivity contribution in [2.45, 2.75) is 57.5 Å². The van der Waals surface area contributed by atoms with Gasteiger partial charge in [0.2, 0.25) is 0 Å². The van der Waals surface area contributed by atoms with E-state index in [0.29, 0.717) is 32.1 Å². The normalized spacial score (nSPS) is 27.1. The second kappa shape index (κ2) is 5.61. The number of hydrogen-bond donors (Lipinski definition) is 0. The van der Waals surface area contributed by atoms with Crippen molar-refractivity contribution in [3.63, 3.8) is 0 Å². The lowest BCUT2D eigenvalue weighted by molar-refractivity contribution is -0.0854. The predicted octanol–water partition coefficient (Wildman–Crippen LogP) is 2.96. The highest BCUT2D eigenvalue weighted by molar-refractivity contribution is 7.86. The lowest BCUT2D eigenvalue weighted by Crippen LogP contribution is -2.34. The van der Waals surface area contributed by atoms with Crippen molar-refractivity contribution in [3.05, 3.63) is 0 Å². The summed E-state index contributed by atoms with van der Waals surface area (Å²) in [5.41, 5.74) is 0. The first-order valence-corrected chi connectivity index (χ1v) is 7.82. The maximum Gasteiger partial charge on any atom is 0.264 e. The van der Waals surface area contributed by atoms with Gasteiger partial charge in [0.15, 0.2) is 0 Å². The Morgan fingerprint density at radius 1 is 1.24 bits per heavy atom. The van der Waals surface area contributed by atoms with Crippen molar-refractivity contribution in [2.75, 3.05) is 6.26 Å². The van der Waals surface area contributed by atoms with E-state index in [1.54, 1.807) is 6.92 Å². The zero-order valence-corrected chi connectivity index (χ0v) is 11.1. The molecule has 17 heavy (non-hydrogen) atoms. The second-order valence-corrected chi connectivity index (χ2v) is 6.39. The summed E-state index contributed by atoms with van der Waals surface area (Å²) in [6, 6.07) is 0. The van der Waals surface area contributed by atoms with Gasteiger partial charge in [-0.05, 0) is 25.7 Å². The highest BCUT2D eigenvalue weighted by Gasteiger charge is 2.40. The molecule has 1 aliphatic rings. The minimum atomic E-state index is -3.47. The van der Waals surface area contributed by atoms with Gasteiger partial charge in [0, 0.05) is 12.3 Å². The Balaban J connectivity index is 2.45. The first-order chi connectivity index (χ1) is 7.74. The van der Waals surface area contributed by atoms with E-state index in [2.05, 4.69) is 0 Å². The van der Waals surface area contributed by atoms with E-state index < -0.39 is 28.1 Å². The molecule has 0 N–H and O–H groups in total. The third kappa shape index (κ3) is 4.87. The van der Waals surface area contributed by atoms with Crippen LogP contribution in [-0.2, 0) is 14.3 Å². The monoisotopic (exact) mass is 270 g/mol. The first-order valence-electron chi connectivity index (χ1n) is 6.00. The standard InChI is InChI=1S/C11H20F2O3S/c1-3-8-11(12,13)9-4-6-10(7-5-9)16-17(2,14)15/h9-10H,3-8H2,1-2H3/t9-,10+. The van der Waals surface area contributed by atoms with E-state index in [-0.39, 0.29) is 6.42 Å². The van der Waals surface area contributed by atoms with Gasteiger partial charge in [0.05, 0.1) is 12.4 Å². The van der Waals surface area contributed by atoms with E-state index in [4.69, 9.17) is 4.18 Å². The third-order valence-electron chi connectivity index (χ3n) is 3.17. The lowest BCUT2D eigenvalue weighted by atomic mass is 9.82. The maximum atomic E-state index is 13.6. The van der Waals surface area contributed by atoms with Crippen LogP contribution in [0.5, 0.6) is 0 Å². The molecule has 3 nitrogen and oxygen atoms in total. The molecule has 1 saturated carbocycles. The van der Waals surface area contributed by atoms with Crippen molar-refractivity contribution in [1.29, 1.82) is 0 Å². The molecule has 102 valence electrons.